The van der Waals surface area contributed by atoms with Gasteiger partial charge in [-0.15, -0.1) is 0 Å². The number of rotatable bonds is 6. The molecule has 2 aromatic heterocycles. The maximum atomic E-state index is 13.3. The van der Waals surface area contributed by atoms with Crippen molar-refractivity contribution in [1.82, 2.24) is 25.2 Å². The molecule has 3 heterocycles. The van der Waals surface area contributed by atoms with E-state index in [1.807, 2.05) is 19.1 Å². The quantitative estimate of drug-likeness (QED) is 0.336. The lowest BCUT2D eigenvalue weighted by molar-refractivity contribution is -0.138. The van der Waals surface area contributed by atoms with Gasteiger partial charge in [-0.05, 0) is 43.7 Å². The first-order valence-electron chi connectivity index (χ1n) is 9.99. The number of thioether (sulfide) groups is 1. The van der Waals surface area contributed by atoms with E-state index in [0.29, 0.717) is 33.1 Å². The number of nitrogens with zero attached hydrogens (tertiary/aromatic N) is 3. The predicted octanol–water partition coefficient (Wildman–Crippen LogP) is 2.31. The normalized spacial score (nSPS) is 13.6. The third-order valence-corrected chi connectivity index (χ3v) is 5.76. The van der Waals surface area contributed by atoms with Crippen molar-refractivity contribution in [2.75, 3.05) is 18.9 Å². The van der Waals surface area contributed by atoms with Crippen LogP contribution in [0.2, 0.25) is 0 Å². The summed E-state index contributed by atoms with van der Waals surface area (Å²) in [5.41, 5.74) is 2.01. The van der Waals surface area contributed by atoms with Gasteiger partial charge in [0.2, 0.25) is 0 Å². The number of nitrogens with one attached hydrogen (secondary N) is 2. The Morgan fingerprint density at radius 1 is 1.25 bits per heavy atom. The van der Waals surface area contributed by atoms with Gasteiger partial charge in [-0.1, -0.05) is 23.9 Å². The number of ether oxygens (including phenoxy) is 1. The summed E-state index contributed by atoms with van der Waals surface area (Å²) in [7, 11) is 0. The van der Waals surface area contributed by atoms with Crippen molar-refractivity contribution in [1.29, 1.82) is 0 Å². The van der Waals surface area contributed by atoms with Crippen molar-refractivity contribution in [2.24, 2.45) is 0 Å². The SMILES string of the molecule is CCOC(=O)C1=C(CSc2nc3ccccc3c(=O)n2-c2cc(C)ccn2)NC(=O)NC1. The van der Waals surface area contributed by atoms with Gasteiger partial charge in [0.05, 0.1) is 29.6 Å². The van der Waals surface area contributed by atoms with E-state index in [-0.39, 0.29) is 24.5 Å². The number of carbonyl (C=O) groups excluding carboxylic acids is 2. The number of pyridine rings is 1. The second-order valence-electron chi connectivity index (χ2n) is 7.02. The monoisotopic (exact) mass is 451 g/mol. The lowest BCUT2D eigenvalue weighted by Gasteiger charge is -2.21. The van der Waals surface area contributed by atoms with Crippen molar-refractivity contribution in [2.45, 2.75) is 19.0 Å². The van der Waals surface area contributed by atoms with Crippen LogP contribution in [0.4, 0.5) is 4.79 Å². The molecule has 0 spiro atoms. The number of carbonyl (C=O) groups is 2. The lowest BCUT2D eigenvalue weighted by Crippen LogP contribution is -2.44. The third kappa shape index (κ3) is 4.35. The zero-order valence-corrected chi connectivity index (χ0v) is 18.4. The molecule has 0 unspecified atom stereocenters. The highest BCUT2D eigenvalue weighted by atomic mass is 32.2. The van der Waals surface area contributed by atoms with Crippen LogP contribution in [0.5, 0.6) is 0 Å². The molecule has 164 valence electrons. The van der Waals surface area contributed by atoms with Gasteiger partial charge >= 0.3 is 12.0 Å². The van der Waals surface area contributed by atoms with Crippen LogP contribution in [0.3, 0.4) is 0 Å². The van der Waals surface area contributed by atoms with Crippen LogP contribution in [0, 0.1) is 6.92 Å². The van der Waals surface area contributed by atoms with Crippen LogP contribution in [-0.2, 0) is 9.53 Å². The average Bonchev–Trinajstić information content (AvgIpc) is 2.78. The van der Waals surface area contributed by atoms with Gasteiger partial charge in [0.15, 0.2) is 5.16 Å². The van der Waals surface area contributed by atoms with E-state index in [2.05, 4.69) is 20.6 Å². The molecule has 0 atom stereocenters. The molecule has 0 fully saturated rings. The third-order valence-electron chi connectivity index (χ3n) is 4.80. The van der Waals surface area contributed by atoms with Gasteiger partial charge in [0.25, 0.3) is 5.56 Å². The molecule has 0 saturated heterocycles. The molecule has 10 heteroatoms. The first-order chi connectivity index (χ1) is 15.5. The molecule has 2 amide bonds. The zero-order chi connectivity index (χ0) is 22.7. The Kier molecular flexibility index (Phi) is 6.22. The van der Waals surface area contributed by atoms with Gasteiger partial charge in [-0.25, -0.2) is 24.1 Å². The number of para-hydroxylation sites is 1. The Hall–Kier alpha value is -3.66. The Bertz CT molecular complexity index is 1300. The Labute approximate surface area is 187 Å². The highest BCUT2D eigenvalue weighted by Crippen LogP contribution is 2.24. The molecule has 0 radical (unpaired) electrons. The molecule has 2 N–H and O–H groups in total. The number of esters is 1. The van der Waals surface area contributed by atoms with Gasteiger partial charge in [-0.2, -0.15) is 0 Å². The molecule has 0 saturated carbocycles. The summed E-state index contributed by atoms with van der Waals surface area (Å²) >= 11 is 1.23. The zero-order valence-electron chi connectivity index (χ0n) is 17.5. The van der Waals surface area contributed by atoms with Gasteiger partial charge in [-0.3, -0.25) is 4.79 Å². The fourth-order valence-corrected chi connectivity index (χ4v) is 4.25. The van der Waals surface area contributed by atoms with Gasteiger partial charge in [0.1, 0.15) is 5.82 Å². The molecule has 1 aliphatic rings. The minimum Gasteiger partial charge on any atom is -0.463 e. The predicted molar refractivity (Wildman–Crippen MR) is 121 cm³/mol. The molecule has 9 nitrogen and oxygen atoms in total. The lowest BCUT2D eigenvalue weighted by atomic mass is 10.2. The Morgan fingerprint density at radius 2 is 2.06 bits per heavy atom. The van der Waals surface area contributed by atoms with E-state index in [1.54, 1.807) is 37.4 Å². The van der Waals surface area contributed by atoms with Crippen molar-refractivity contribution in [3.05, 3.63) is 69.8 Å². The minimum absolute atomic E-state index is 0.0674. The van der Waals surface area contributed by atoms with Gasteiger partial charge in [0, 0.05) is 17.6 Å². The van der Waals surface area contributed by atoms with E-state index >= 15 is 0 Å². The summed E-state index contributed by atoms with van der Waals surface area (Å²) in [5.74, 6) is 0.155. The number of fused-ring (bicyclic) bond motifs is 1. The molecular formula is C22H21N5O4S. The van der Waals surface area contributed by atoms with Crippen LogP contribution < -0.4 is 16.2 Å². The Balaban J connectivity index is 1.78. The van der Waals surface area contributed by atoms with Crippen LogP contribution in [-0.4, -0.2) is 45.4 Å². The first-order valence-corrected chi connectivity index (χ1v) is 11.0. The summed E-state index contributed by atoms with van der Waals surface area (Å²) in [6.45, 7) is 3.92. The summed E-state index contributed by atoms with van der Waals surface area (Å²) in [6, 6.07) is 10.3. The van der Waals surface area contributed by atoms with Crippen LogP contribution in [0.25, 0.3) is 16.7 Å². The van der Waals surface area contributed by atoms with Crippen molar-refractivity contribution < 1.29 is 14.3 Å². The van der Waals surface area contributed by atoms with Crippen LogP contribution in [0.15, 0.2) is 63.8 Å². The minimum atomic E-state index is -0.500. The second-order valence-corrected chi connectivity index (χ2v) is 7.96. The van der Waals surface area contributed by atoms with E-state index < -0.39 is 12.0 Å². The maximum Gasteiger partial charge on any atom is 0.337 e. The first kappa shape index (κ1) is 21.6. The topological polar surface area (TPSA) is 115 Å². The summed E-state index contributed by atoms with van der Waals surface area (Å²) in [5, 5.41) is 6.12. The fourth-order valence-electron chi connectivity index (χ4n) is 3.26. The molecule has 32 heavy (non-hydrogen) atoms. The van der Waals surface area contributed by atoms with Crippen LogP contribution >= 0.6 is 11.8 Å². The fraction of sp³-hybridized carbons (Fsp3) is 0.227. The number of urea groups is 1. The average molecular weight is 452 g/mol. The Morgan fingerprint density at radius 3 is 2.84 bits per heavy atom. The van der Waals surface area contributed by atoms with Crippen molar-refractivity contribution in [3.8, 4) is 5.82 Å². The number of hydrogen-bond donors (Lipinski definition) is 2. The van der Waals surface area contributed by atoms with Crippen molar-refractivity contribution in [3.63, 3.8) is 0 Å². The van der Waals surface area contributed by atoms with Crippen molar-refractivity contribution >= 4 is 34.7 Å². The molecule has 0 aliphatic carbocycles. The summed E-state index contributed by atoms with van der Waals surface area (Å²) < 4.78 is 6.56. The molecule has 4 rings (SSSR count). The van der Waals surface area contributed by atoms with E-state index in [1.165, 1.54) is 16.3 Å². The maximum absolute atomic E-state index is 13.3. The molecule has 1 aliphatic heterocycles. The highest BCUT2D eigenvalue weighted by molar-refractivity contribution is 7.99. The second kappa shape index (κ2) is 9.23. The number of hydrogen-bond acceptors (Lipinski definition) is 7. The standard InChI is InChI=1S/C22H21N5O4S/c1-3-31-20(29)15-11-24-21(30)25-17(15)12-32-22-26-16-7-5-4-6-14(16)19(28)27(22)18-10-13(2)8-9-23-18/h4-10H,3,11-12H2,1-2H3,(H2,24,25,30). The van der Waals surface area contributed by atoms with Crippen LogP contribution in [0.1, 0.15) is 12.5 Å². The summed E-state index contributed by atoms with van der Waals surface area (Å²) in [6.07, 6.45) is 1.63. The van der Waals surface area contributed by atoms with E-state index in [4.69, 9.17) is 4.74 Å². The molecule has 1 aromatic carbocycles. The number of amides is 2. The largest absolute Gasteiger partial charge is 0.463 e. The van der Waals surface area contributed by atoms with E-state index in [9.17, 15) is 14.4 Å². The highest BCUT2D eigenvalue weighted by Gasteiger charge is 2.24. The molecule has 3 aromatic rings. The number of benzene rings is 1. The van der Waals surface area contributed by atoms with E-state index in [0.717, 1.165) is 5.56 Å². The number of aryl methyl sites for hydroxylation is 1. The smallest absolute Gasteiger partial charge is 0.337 e. The molecule has 0 bridgehead atoms. The number of aromatic nitrogens is 3. The molecular weight excluding hydrogens is 430 g/mol. The summed E-state index contributed by atoms with van der Waals surface area (Å²) in [4.78, 5) is 46.5. The van der Waals surface area contributed by atoms with Gasteiger partial charge < -0.3 is 15.4 Å².